The summed E-state index contributed by atoms with van der Waals surface area (Å²) in [7, 11) is 0. The number of carbonyl (C=O) groups excluding carboxylic acids is 1. The van der Waals surface area contributed by atoms with Gasteiger partial charge in [-0.15, -0.1) is 13.2 Å². The highest BCUT2D eigenvalue weighted by Crippen LogP contribution is 2.10. The molecule has 1 amide bonds. The van der Waals surface area contributed by atoms with E-state index in [1.807, 2.05) is 12.1 Å². The van der Waals surface area contributed by atoms with E-state index in [1.165, 1.54) is 12.1 Å². The van der Waals surface area contributed by atoms with E-state index in [0.29, 0.717) is 19.6 Å². The predicted molar refractivity (Wildman–Crippen MR) is 99.7 cm³/mol. The molecule has 1 heterocycles. The van der Waals surface area contributed by atoms with Crippen LogP contribution in [0, 0.1) is 5.82 Å². The smallest absolute Gasteiger partial charge is 0.237 e. The summed E-state index contributed by atoms with van der Waals surface area (Å²) in [4.78, 5) is 18.8. The second-order valence-corrected chi connectivity index (χ2v) is 6.41. The van der Waals surface area contributed by atoms with Crippen LogP contribution >= 0.6 is 0 Å². The van der Waals surface area contributed by atoms with Crippen LogP contribution in [0.1, 0.15) is 12.0 Å². The lowest BCUT2D eigenvalue weighted by molar-refractivity contribution is -0.131. The number of benzene rings is 1. The summed E-state index contributed by atoms with van der Waals surface area (Å²) in [5.74, 6) is -0.0836. The minimum Gasteiger partial charge on any atom is -0.334 e. The van der Waals surface area contributed by atoms with Crippen LogP contribution in [0.2, 0.25) is 0 Å². The Hall–Kier alpha value is -1.98. The third kappa shape index (κ3) is 6.44. The number of nitrogens with zero attached hydrogens (tertiary/aromatic N) is 3. The van der Waals surface area contributed by atoms with Gasteiger partial charge in [0.15, 0.2) is 0 Å². The van der Waals surface area contributed by atoms with Gasteiger partial charge in [0.05, 0.1) is 6.54 Å². The van der Waals surface area contributed by atoms with Crippen molar-refractivity contribution in [1.82, 2.24) is 14.7 Å². The topological polar surface area (TPSA) is 26.8 Å². The molecule has 1 fully saturated rings. The van der Waals surface area contributed by atoms with Crippen LogP contribution in [-0.2, 0) is 11.3 Å². The van der Waals surface area contributed by atoms with Crippen LogP contribution in [0.15, 0.2) is 49.6 Å². The molecule has 5 heteroatoms. The van der Waals surface area contributed by atoms with Crippen molar-refractivity contribution in [2.24, 2.45) is 0 Å². The third-order valence-corrected chi connectivity index (χ3v) is 4.41. The van der Waals surface area contributed by atoms with Crippen molar-refractivity contribution in [1.29, 1.82) is 0 Å². The zero-order valence-electron chi connectivity index (χ0n) is 14.9. The molecule has 0 unspecified atom stereocenters. The zero-order chi connectivity index (χ0) is 18.1. The maximum Gasteiger partial charge on any atom is 0.237 e. The molecule has 1 aliphatic rings. The number of hydrogen-bond acceptors (Lipinski definition) is 3. The molecule has 4 nitrogen and oxygen atoms in total. The van der Waals surface area contributed by atoms with E-state index in [0.717, 1.165) is 44.7 Å². The minimum absolute atomic E-state index is 0.117. The molecule has 0 aromatic heterocycles. The zero-order valence-corrected chi connectivity index (χ0v) is 14.9. The first-order chi connectivity index (χ1) is 12.1. The predicted octanol–water partition coefficient (Wildman–Crippen LogP) is 2.53. The van der Waals surface area contributed by atoms with Gasteiger partial charge < -0.3 is 4.90 Å². The summed E-state index contributed by atoms with van der Waals surface area (Å²) >= 11 is 0. The van der Waals surface area contributed by atoms with Crippen molar-refractivity contribution in [3.8, 4) is 0 Å². The summed E-state index contributed by atoms with van der Waals surface area (Å²) in [6.45, 7) is 13.5. The van der Waals surface area contributed by atoms with Crippen LogP contribution < -0.4 is 0 Å². The molecule has 0 bridgehead atoms. The molecule has 0 N–H and O–H groups in total. The van der Waals surface area contributed by atoms with E-state index >= 15 is 0 Å². The summed E-state index contributed by atoms with van der Waals surface area (Å²) in [6.07, 6.45) is 4.51. The Morgan fingerprint density at radius 2 is 1.64 bits per heavy atom. The standard InChI is InChI=1S/C20H28FN3O/c1-3-10-24(11-4-2)20(25)17-23-13-5-12-22(14-15-23)16-18-6-8-19(21)9-7-18/h3-4,6-9H,1-2,5,10-17H2. The average Bonchev–Trinajstić information content (AvgIpc) is 2.82. The number of halogens is 1. The summed E-state index contributed by atoms with van der Waals surface area (Å²) < 4.78 is 13.0. The molecule has 0 aliphatic carbocycles. The number of amides is 1. The second-order valence-electron chi connectivity index (χ2n) is 6.41. The molecule has 25 heavy (non-hydrogen) atoms. The fraction of sp³-hybridized carbons (Fsp3) is 0.450. The Kier molecular flexibility index (Phi) is 7.82. The molecule has 2 rings (SSSR count). The van der Waals surface area contributed by atoms with Gasteiger partial charge in [-0.25, -0.2) is 4.39 Å². The molecule has 1 aromatic rings. The molecule has 0 spiro atoms. The molecule has 0 radical (unpaired) electrons. The average molecular weight is 345 g/mol. The normalized spacial score (nSPS) is 16.2. The van der Waals surface area contributed by atoms with E-state index in [2.05, 4.69) is 23.0 Å². The first-order valence-corrected chi connectivity index (χ1v) is 8.81. The van der Waals surface area contributed by atoms with Crippen molar-refractivity contribution in [2.75, 3.05) is 45.8 Å². The van der Waals surface area contributed by atoms with Gasteiger partial charge in [-0.05, 0) is 37.2 Å². The van der Waals surface area contributed by atoms with Gasteiger partial charge in [0, 0.05) is 32.7 Å². The molecule has 0 atom stereocenters. The van der Waals surface area contributed by atoms with E-state index in [1.54, 1.807) is 17.1 Å². The highest BCUT2D eigenvalue weighted by molar-refractivity contribution is 5.78. The van der Waals surface area contributed by atoms with E-state index in [-0.39, 0.29) is 11.7 Å². The van der Waals surface area contributed by atoms with Crippen molar-refractivity contribution in [3.05, 3.63) is 61.0 Å². The summed E-state index contributed by atoms with van der Waals surface area (Å²) in [5, 5.41) is 0. The van der Waals surface area contributed by atoms with Gasteiger partial charge >= 0.3 is 0 Å². The molecule has 1 aliphatic heterocycles. The van der Waals surface area contributed by atoms with Gasteiger partial charge in [0.2, 0.25) is 5.91 Å². The van der Waals surface area contributed by atoms with E-state index < -0.39 is 0 Å². The van der Waals surface area contributed by atoms with Gasteiger partial charge in [-0.2, -0.15) is 0 Å². The van der Waals surface area contributed by atoms with E-state index in [9.17, 15) is 9.18 Å². The number of carbonyl (C=O) groups is 1. The summed E-state index contributed by atoms with van der Waals surface area (Å²) in [5.41, 5.74) is 1.12. The Morgan fingerprint density at radius 3 is 2.28 bits per heavy atom. The highest BCUT2D eigenvalue weighted by atomic mass is 19.1. The fourth-order valence-electron chi connectivity index (χ4n) is 3.07. The Balaban J connectivity index is 1.83. The molecule has 0 saturated carbocycles. The Bertz CT molecular complexity index is 563. The van der Waals surface area contributed by atoms with E-state index in [4.69, 9.17) is 0 Å². The lowest BCUT2D eigenvalue weighted by Crippen LogP contribution is -2.41. The first kappa shape index (κ1) is 19.3. The van der Waals surface area contributed by atoms with Crippen LogP contribution in [0.3, 0.4) is 0 Å². The van der Waals surface area contributed by atoms with Crippen molar-refractivity contribution in [3.63, 3.8) is 0 Å². The van der Waals surface area contributed by atoms with Gasteiger partial charge in [-0.3, -0.25) is 14.6 Å². The van der Waals surface area contributed by atoms with Gasteiger partial charge in [0.1, 0.15) is 5.82 Å². The molecule has 1 saturated heterocycles. The lowest BCUT2D eigenvalue weighted by atomic mass is 10.2. The van der Waals surface area contributed by atoms with Crippen LogP contribution in [-0.4, -0.2) is 66.4 Å². The van der Waals surface area contributed by atoms with Crippen molar-refractivity contribution >= 4 is 5.91 Å². The molecule has 1 aromatic carbocycles. The van der Waals surface area contributed by atoms with Crippen LogP contribution in [0.4, 0.5) is 4.39 Å². The van der Waals surface area contributed by atoms with Crippen LogP contribution in [0.25, 0.3) is 0 Å². The molecule has 136 valence electrons. The van der Waals surface area contributed by atoms with Gasteiger partial charge in [0.25, 0.3) is 0 Å². The second kappa shape index (κ2) is 10.1. The maximum absolute atomic E-state index is 13.0. The summed E-state index contributed by atoms with van der Waals surface area (Å²) in [6, 6.07) is 6.69. The SMILES string of the molecule is C=CCN(CC=C)C(=O)CN1CCCN(Cc2ccc(F)cc2)CC1. The Labute approximate surface area is 150 Å². The molecular formula is C20H28FN3O. The van der Waals surface area contributed by atoms with Crippen LogP contribution in [0.5, 0.6) is 0 Å². The monoisotopic (exact) mass is 345 g/mol. The largest absolute Gasteiger partial charge is 0.334 e. The van der Waals surface area contributed by atoms with Gasteiger partial charge in [-0.1, -0.05) is 24.3 Å². The minimum atomic E-state index is -0.201. The lowest BCUT2D eigenvalue weighted by Gasteiger charge is -2.25. The molecular weight excluding hydrogens is 317 g/mol. The first-order valence-electron chi connectivity index (χ1n) is 8.81. The Morgan fingerprint density at radius 1 is 1.04 bits per heavy atom. The fourth-order valence-corrected chi connectivity index (χ4v) is 3.07. The van der Waals surface area contributed by atoms with Crippen molar-refractivity contribution < 1.29 is 9.18 Å². The quantitative estimate of drug-likeness (QED) is 0.678. The van der Waals surface area contributed by atoms with Crippen molar-refractivity contribution in [2.45, 2.75) is 13.0 Å². The third-order valence-electron chi connectivity index (χ3n) is 4.41. The number of hydrogen-bond donors (Lipinski definition) is 0. The maximum atomic E-state index is 13.0. The number of rotatable bonds is 8. The highest BCUT2D eigenvalue weighted by Gasteiger charge is 2.19.